The maximum Gasteiger partial charge on any atom is 0.309 e. The van der Waals surface area contributed by atoms with Crippen LogP contribution in [0.1, 0.15) is 76.0 Å². The molecule has 0 unspecified atom stereocenters. The molecule has 1 N–H and O–H groups in total. The van der Waals surface area contributed by atoms with E-state index in [9.17, 15) is 9.90 Å². The zero-order valence-electron chi connectivity index (χ0n) is 17.5. The maximum absolute atomic E-state index is 12.3. The molecule has 4 nitrogen and oxygen atoms in total. The van der Waals surface area contributed by atoms with Gasteiger partial charge in [-0.15, -0.1) is 0 Å². The molecule has 158 valence electrons. The summed E-state index contributed by atoms with van der Waals surface area (Å²) in [6, 6.07) is 1.99. The first-order chi connectivity index (χ1) is 13.6. The third kappa shape index (κ3) is 3.48. The van der Waals surface area contributed by atoms with Gasteiger partial charge in [0.2, 0.25) is 0 Å². The lowest BCUT2D eigenvalue weighted by atomic mass is 9.49. The largest absolute Gasteiger partial charge is 0.481 e. The number of hydrogen-bond donors (Lipinski definition) is 1. The van der Waals surface area contributed by atoms with E-state index in [2.05, 4.69) is 32.5 Å². The maximum atomic E-state index is 12.3. The second kappa shape index (κ2) is 7.96. The lowest BCUT2D eigenvalue weighted by Crippen LogP contribution is -2.53. The number of hydrogen-bond acceptors (Lipinski definition) is 3. The molecule has 0 heterocycles. The van der Waals surface area contributed by atoms with E-state index in [1.54, 1.807) is 6.08 Å². The average Bonchev–Trinajstić information content (AvgIpc) is 2.62. The van der Waals surface area contributed by atoms with E-state index in [0.717, 1.165) is 29.5 Å². The molecule has 1 aromatic carbocycles. The first-order valence-corrected chi connectivity index (χ1v) is 10.9. The minimum atomic E-state index is -0.848. The first kappa shape index (κ1) is 22.2. The third-order valence-corrected chi connectivity index (χ3v) is 7.62. The standard InChI is InChI=1S/C23H29Cl2NO3/c1-6-10-29-26-16-12-17-22(4,8-7-9-23(17,5)21(27)28)14-11-15(24)18(13(2)3)20(25)19(14)16/h6,11,13,17H,1,7-10,12H2,2-5H3,(H,27,28)/b26-16-/t17-,22-,23-/m1/s1. The van der Waals surface area contributed by atoms with Crippen LogP contribution in [0.25, 0.3) is 0 Å². The second-order valence-corrected chi connectivity index (χ2v) is 9.82. The molecule has 3 rings (SSSR count). The number of carboxylic acid groups (broad SMARTS) is 1. The fraction of sp³-hybridized carbons (Fsp3) is 0.565. The van der Waals surface area contributed by atoms with E-state index in [1.165, 1.54) is 0 Å². The van der Waals surface area contributed by atoms with Gasteiger partial charge in [0.05, 0.1) is 16.1 Å². The van der Waals surface area contributed by atoms with Gasteiger partial charge in [0, 0.05) is 10.6 Å². The molecule has 6 heteroatoms. The van der Waals surface area contributed by atoms with Crippen LogP contribution in [0.3, 0.4) is 0 Å². The van der Waals surface area contributed by atoms with Gasteiger partial charge in [-0.05, 0) is 60.6 Å². The zero-order valence-corrected chi connectivity index (χ0v) is 19.0. The predicted molar refractivity (Wildman–Crippen MR) is 118 cm³/mol. The second-order valence-electron chi connectivity index (χ2n) is 9.04. The Bertz CT molecular complexity index is 879. The molecule has 0 aliphatic heterocycles. The van der Waals surface area contributed by atoms with E-state index in [-0.39, 0.29) is 23.9 Å². The fourth-order valence-corrected chi connectivity index (χ4v) is 6.35. The van der Waals surface area contributed by atoms with Crippen LogP contribution < -0.4 is 0 Å². The Morgan fingerprint density at radius 2 is 2.10 bits per heavy atom. The summed E-state index contributed by atoms with van der Waals surface area (Å²) in [6.45, 7) is 12.1. The van der Waals surface area contributed by atoms with Crippen molar-refractivity contribution in [1.82, 2.24) is 0 Å². The van der Waals surface area contributed by atoms with Gasteiger partial charge in [-0.3, -0.25) is 4.79 Å². The van der Waals surface area contributed by atoms with Gasteiger partial charge in [0.15, 0.2) is 0 Å². The van der Waals surface area contributed by atoms with Crippen molar-refractivity contribution in [3.05, 3.63) is 45.5 Å². The van der Waals surface area contributed by atoms with Crippen LogP contribution in [0.5, 0.6) is 0 Å². The highest BCUT2D eigenvalue weighted by Crippen LogP contribution is 2.59. The molecule has 0 bridgehead atoms. The normalized spacial score (nSPS) is 30.0. The van der Waals surface area contributed by atoms with Crippen molar-refractivity contribution >= 4 is 34.9 Å². The Hall–Kier alpha value is -1.52. The summed E-state index contributed by atoms with van der Waals surface area (Å²) in [5.74, 6) is -0.743. The van der Waals surface area contributed by atoms with E-state index < -0.39 is 11.4 Å². The first-order valence-electron chi connectivity index (χ1n) is 10.1. The Kier molecular flexibility index (Phi) is 6.08. The van der Waals surface area contributed by atoms with Gasteiger partial charge >= 0.3 is 5.97 Å². The predicted octanol–water partition coefficient (Wildman–Crippen LogP) is 6.58. The van der Waals surface area contributed by atoms with Crippen molar-refractivity contribution in [3.63, 3.8) is 0 Å². The minimum Gasteiger partial charge on any atom is -0.481 e. The number of aliphatic carboxylic acids is 1. The lowest BCUT2D eigenvalue weighted by molar-refractivity contribution is -0.156. The molecule has 1 aromatic rings. The zero-order chi connectivity index (χ0) is 21.6. The van der Waals surface area contributed by atoms with Crippen molar-refractivity contribution in [1.29, 1.82) is 0 Å². The van der Waals surface area contributed by atoms with Crippen LogP contribution in [-0.4, -0.2) is 23.4 Å². The summed E-state index contributed by atoms with van der Waals surface area (Å²) in [7, 11) is 0. The van der Waals surface area contributed by atoms with E-state index in [0.29, 0.717) is 28.6 Å². The Morgan fingerprint density at radius 1 is 1.41 bits per heavy atom. The topological polar surface area (TPSA) is 58.9 Å². The molecule has 0 aromatic heterocycles. The van der Waals surface area contributed by atoms with Gasteiger partial charge in [0.1, 0.15) is 6.61 Å². The van der Waals surface area contributed by atoms with Crippen LogP contribution in [-0.2, 0) is 15.0 Å². The van der Waals surface area contributed by atoms with Crippen molar-refractivity contribution in [2.75, 3.05) is 6.61 Å². The van der Waals surface area contributed by atoms with Crippen molar-refractivity contribution in [2.24, 2.45) is 16.5 Å². The van der Waals surface area contributed by atoms with Crippen LogP contribution in [0, 0.1) is 11.3 Å². The van der Waals surface area contributed by atoms with Crippen LogP contribution in [0.4, 0.5) is 0 Å². The SMILES string of the molecule is C=CCO/N=C1/C[C@H]2[C@](C)(C(=O)O)CCC[C@]2(C)c2cc(Cl)c(C(C)C)c(Cl)c21. The van der Waals surface area contributed by atoms with E-state index in [4.69, 9.17) is 28.0 Å². The van der Waals surface area contributed by atoms with Gasteiger partial charge in [0.25, 0.3) is 0 Å². The number of oxime groups is 1. The average molecular weight is 438 g/mol. The van der Waals surface area contributed by atoms with Crippen molar-refractivity contribution < 1.29 is 14.7 Å². The van der Waals surface area contributed by atoms with E-state index >= 15 is 0 Å². The molecule has 1 saturated carbocycles. The Morgan fingerprint density at radius 3 is 2.69 bits per heavy atom. The number of carbonyl (C=O) groups is 1. The van der Waals surface area contributed by atoms with Crippen molar-refractivity contribution in [3.8, 4) is 0 Å². The smallest absolute Gasteiger partial charge is 0.309 e. The third-order valence-electron chi connectivity index (χ3n) is 6.92. The highest BCUT2D eigenvalue weighted by atomic mass is 35.5. The number of carboxylic acids is 1. The van der Waals surface area contributed by atoms with Crippen LogP contribution in [0.2, 0.25) is 10.0 Å². The number of rotatable bonds is 5. The monoisotopic (exact) mass is 437 g/mol. The molecule has 2 aliphatic carbocycles. The van der Waals surface area contributed by atoms with Crippen LogP contribution >= 0.6 is 23.2 Å². The van der Waals surface area contributed by atoms with Gasteiger partial charge in [-0.2, -0.15) is 0 Å². The van der Waals surface area contributed by atoms with E-state index in [1.807, 2.05) is 13.0 Å². The summed E-state index contributed by atoms with van der Waals surface area (Å²) in [6.07, 6.45) is 4.51. The van der Waals surface area contributed by atoms with Gasteiger partial charge in [-0.1, -0.05) is 68.2 Å². The molecule has 0 amide bonds. The van der Waals surface area contributed by atoms with Gasteiger partial charge < -0.3 is 9.94 Å². The van der Waals surface area contributed by atoms with Crippen molar-refractivity contribution in [2.45, 2.75) is 64.7 Å². The summed E-state index contributed by atoms with van der Waals surface area (Å²) >= 11 is 13.6. The summed E-state index contributed by atoms with van der Waals surface area (Å²) in [4.78, 5) is 17.7. The number of benzene rings is 1. The molecule has 0 spiro atoms. The molecule has 1 fully saturated rings. The molecule has 3 atom stereocenters. The Balaban J connectivity index is 2.29. The number of fused-ring (bicyclic) bond motifs is 3. The lowest BCUT2D eigenvalue weighted by Gasteiger charge is -2.53. The summed E-state index contributed by atoms with van der Waals surface area (Å²) in [5, 5.41) is 15.7. The summed E-state index contributed by atoms with van der Waals surface area (Å²) in [5.41, 5.74) is 2.24. The van der Waals surface area contributed by atoms with Gasteiger partial charge in [-0.25, -0.2) is 0 Å². The fourth-order valence-electron chi connectivity index (χ4n) is 5.35. The quantitative estimate of drug-likeness (QED) is 0.321. The molecular weight excluding hydrogens is 409 g/mol. The number of nitrogens with zero attached hydrogens (tertiary/aromatic N) is 1. The molecule has 0 saturated heterocycles. The highest BCUT2D eigenvalue weighted by Gasteiger charge is 2.57. The summed E-state index contributed by atoms with van der Waals surface area (Å²) < 4.78 is 0. The molecular formula is C23H29Cl2NO3. The van der Waals surface area contributed by atoms with Crippen LogP contribution in [0.15, 0.2) is 23.9 Å². The molecule has 2 aliphatic rings. The minimum absolute atomic E-state index is 0.128. The number of halogens is 2. The molecule has 0 radical (unpaired) electrons. The Labute approximate surface area is 182 Å². The highest BCUT2D eigenvalue weighted by molar-refractivity contribution is 6.39. The molecule has 29 heavy (non-hydrogen) atoms.